The average Bonchev–Trinajstić information content (AvgIpc) is 2.37. The molecule has 1 aromatic rings. The fraction of sp³-hybridized carbons (Fsp3) is 0.571. The van der Waals surface area contributed by atoms with Crippen LogP contribution in [0.2, 0.25) is 0 Å². The quantitative estimate of drug-likeness (QED) is 0.820. The minimum Gasteiger partial charge on any atom is -0.388 e. The largest absolute Gasteiger partial charge is 0.388 e. The number of aromatic nitrogens is 1. The molecule has 0 spiro atoms. The number of nitrogens with one attached hydrogen (secondary N) is 1. The number of pyridine rings is 1. The number of anilines is 1. The molecule has 1 aliphatic rings. The molecule has 18 heavy (non-hydrogen) atoms. The molecular weight excluding hydrogens is 242 g/mol. The van der Waals surface area contributed by atoms with E-state index in [-0.39, 0.29) is 0 Å². The van der Waals surface area contributed by atoms with Crippen molar-refractivity contribution in [2.24, 2.45) is 17.6 Å². The van der Waals surface area contributed by atoms with E-state index in [0.29, 0.717) is 10.7 Å². The Bertz CT molecular complexity index is 419. The summed E-state index contributed by atoms with van der Waals surface area (Å²) in [4.78, 5) is 4.49. The Morgan fingerprint density at radius 2 is 2.39 bits per heavy atom. The van der Waals surface area contributed by atoms with E-state index in [4.69, 9.17) is 18.0 Å². The van der Waals surface area contributed by atoms with E-state index in [9.17, 15) is 0 Å². The zero-order valence-corrected chi connectivity index (χ0v) is 11.7. The predicted molar refractivity (Wildman–Crippen MR) is 79.7 cm³/mol. The summed E-state index contributed by atoms with van der Waals surface area (Å²) in [6.07, 6.45) is 7.17. The molecule has 0 amide bonds. The Kier molecular flexibility index (Phi) is 4.53. The molecule has 0 aromatic carbocycles. The first-order valence-electron chi connectivity index (χ1n) is 6.65. The second-order valence-electron chi connectivity index (χ2n) is 5.31. The third-order valence-electron chi connectivity index (χ3n) is 3.65. The van der Waals surface area contributed by atoms with Gasteiger partial charge in [-0.05, 0) is 36.8 Å². The molecule has 1 fully saturated rings. The Balaban J connectivity index is 1.89. The van der Waals surface area contributed by atoms with E-state index >= 15 is 0 Å². The van der Waals surface area contributed by atoms with Gasteiger partial charge in [-0.15, -0.1) is 0 Å². The lowest BCUT2D eigenvalue weighted by Gasteiger charge is -2.27. The van der Waals surface area contributed by atoms with E-state index < -0.39 is 0 Å². The van der Waals surface area contributed by atoms with E-state index in [0.717, 1.165) is 24.1 Å². The van der Waals surface area contributed by atoms with Gasteiger partial charge in [0.15, 0.2) is 0 Å². The molecule has 1 heterocycles. The topological polar surface area (TPSA) is 50.9 Å². The Morgan fingerprint density at radius 3 is 3.11 bits per heavy atom. The summed E-state index contributed by atoms with van der Waals surface area (Å²) in [6, 6.07) is 3.89. The molecular formula is C14H21N3S. The highest BCUT2D eigenvalue weighted by atomic mass is 32.1. The normalized spacial score (nSPS) is 23.6. The predicted octanol–water partition coefficient (Wildman–Crippen LogP) is 2.95. The van der Waals surface area contributed by atoms with Crippen molar-refractivity contribution in [1.82, 2.24) is 4.98 Å². The van der Waals surface area contributed by atoms with Gasteiger partial charge in [0.2, 0.25) is 0 Å². The minimum atomic E-state index is 0.352. The highest BCUT2D eigenvalue weighted by molar-refractivity contribution is 7.80. The van der Waals surface area contributed by atoms with E-state index in [2.05, 4.69) is 17.2 Å². The first-order valence-corrected chi connectivity index (χ1v) is 7.05. The zero-order chi connectivity index (χ0) is 13.0. The number of nitrogens with zero attached hydrogens (tertiary/aromatic N) is 1. The maximum atomic E-state index is 5.58. The molecule has 1 aromatic heterocycles. The van der Waals surface area contributed by atoms with E-state index in [1.807, 2.05) is 12.1 Å². The minimum absolute atomic E-state index is 0.352. The van der Waals surface area contributed by atoms with Crippen molar-refractivity contribution >= 4 is 22.9 Å². The Labute approximate surface area is 114 Å². The highest BCUT2D eigenvalue weighted by Crippen LogP contribution is 2.28. The molecule has 3 nitrogen and oxygen atoms in total. The second kappa shape index (κ2) is 6.14. The zero-order valence-electron chi connectivity index (χ0n) is 10.9. The van der Waals surface area contributed by atoms with Crippen molar-refractivity contribution in [2.45, 2.75) is 32.6 Å². The first kappa shape index (κ1) is 13.3. The second-order valence-corrected chi connectivity index (χ2v) is 5.75. The van der Waals surface area contributed by atoms with Crippen molar-refractivity contribution in [3.05, 3.63) is 24.0 Å². The molecule has 1 saturated carbocycles. The summed E-state index contributed by atoms with van der Waals surface area (Å²) in [5.41, 5.74) is 7.33. The number of hydrogen-bond donors (Lipinski definition) is 2. The summed E-state index contributed by atoms with van der Waals surface area (Å²) >= 11 is 4.93. The van der Waals surface area contributed by atoms with Crippen molar-refractivity contribution in [3.8, 4) is 0 Å². The number of hydrogen-bond acceptors (Lipinski definition) is 3. The van der Waals surface area contributed by atoms with Crippen LogP contribution in [-0.4, -0.2) is 16.5 Å². The fourth-order valence-electron chi connectivity index (χ4n) is 2.68. The summed E-state index contributed by atoms with van der Waals surface area (Å²) in [5.74, 6) is 1.66. The van der Waals surface area contributed by atoms with Crippen LogP contribution >= 0.6 is 12.2 Å². The van der Waals surface area contributed by atoms with Crippen molar-refractivity contribution in [3.63, 3.8) is 0 Å². The molecule has 2 rings (SSSR count). The molecule has 2 atom stereocenters. The van der Waals surface area contributed by atoms with Gasteiger partial charge < -0.3 is 11.1 Å². The van der Waals surface area contributed by atoms with Crippen molar-refractivity contribution in [1.29, 1.82) is 0 Å². The maximum absolute atomic E-state index is 5.58. The molecule has 0 aliphatic heterocycles. The van der Waals surface area contributed by atoms with Gasteiger partial charge in [-0.25, -0.2) is 0 Å². The summed E-state index contributed by atoms with van der Waals surface area (Å²) in [7, 11) is 0. The van der Waals surface area contributed by atoms with Gasteiger partial charge in [-0.2, -0.15) is 0 Å². The molecule has 2 unspecified atom stereocenters. The van der Waals surface area contributed by atoms with Crippen LogP contribution in [0.15, 0.2) is 18.3 Å². The van der Waals surface area contributed by atoms with Crippen LogP contribution < -0.4 is 11.1 Å². The Hall–Kier alpha value is -1.16. The third kappa shape index (κ3) is 3.67. The summed E-state index contributed by atoms with van der Waals surface area (Å²) in [5, 5.41) is 3.48. The smallest absolute Gasteiger partial charge is 0.122 e. The van der Waals surface area contributed by atoms with Gasteiger partial charge in [0.1, 0.15) is 4.99 Å². The summed E-state index contributed by atoms with van der Waals surface area (Å²) < 4.78 is 0. The molecule has 1 aliphatic carbocycles. The SMILES string of the molecule is CC1CCCC(CNc2ccnc(C(N)=S)c2)C1. The average molecular weight is 263 g/mol. The fourth-order valence-corrected chi connectivity index (χ4v) is 2.79. The van der Waals surface area contributed by atoms with Gasteiger partial charge in [-0.1, -0.05) is 32.0 Å². The van der Waals surface area contributed by atoms with Crippen LogP contribution in [0.4, 0.5) is 5.69 Å². The van der Waals surface area contributed by atoms with Crippen molar-refractivity contribution < 1.29 is 0 Å². The first-order chi connectivity index (χ1) is 8.65. The van der Waals surface area contributed by atoms with Gasteiger partial charge in [-0.3, -0.25) is 4.98 Å². The van der Waals surface area contributed by atoms with Gasteiger partial charge >= 0.3 is 0 Å². The van der Waals surface area contributed by atoms with Crippen LogP contribution in [0.5, 0.6) is 0 Å². The standard InChI is InChI=1S/C14H21N3S/c1-10-3-2-4-11(7-10)9-17-12-5-6-16-13(8-12)14(15)18/h5-6,8,10-11H,2-4,7,9H2,1H3,(H2,15,18)(H,16,17). The van der Waals surface area contributed by atoms with Crippen LogP contribution in [0.1, 0.15) is 38.3 Å². The number of thiocarbonyl (C=S) groups is 1. The van der Waals surface area contributed by atoms with Crippen LogP contribution in [0, 0.1) is 11.8 Å². The van der Waals surface area contributed by atoms with Gasteiger partial charge in [0, 0.05) is 18.4 Å². The van der Waals surface area contributed by atoms with Gasteiger partial charge in [0.05, 0.1) is 5.69 Å². The lowest BCUT2D eigenvalue weighted by molar-refractivity contribution is 0.293. The number of nitrogens with two attached hydrogens (primary N) is 1. The summed E-state index contributed by atoms with van der Waals surface area (Å²) in [6.45, 7) is 3.38. The third-order valence-corrected chi connectivity index (χ3v) is 3.86. The molecule has 0 bridgehead atoms. The highest BCUT2D eigenvalue weighted by Gasteiger charge is 2.18. The molecule has 4 heteroatoms. The van der Waals surface area contributed by atoms with E-state index in [1.54, 1.807) is 6.20 Å². The molecule has 0 radical (unpaired) electrons. The van der Waals surface area contributed by atoms with Crippen LogP contribution in [0.3, 0.4) is 0 Å². The van der Waals surface area contributed by atoms with Crippen LogP contribution in [-0.2, 0) is 0 Å². The van der Waals surface area contributed by atoms with Gasteiger partial charge in [0.25, 0.3) is 0 Å². The number of rotatable bonds is 4. The Morgan fingerprint density at radius 1 is 1.56 bits per heavy atom. The lowest BCUT2D eigenvalue weighted by Crippen LogP contribution is -2.21. The molecule has 98 valence electrons. The van der Waals surface area contributed by atoms with Crippen molar-refractivity contribution in [2.75, 3.05) is 11.9 Å². The molecule has 3 N–H and O–H groups in total. The van der Waals surface area contributed by atoms with E-state index in [1.165, 1.54) is 25.7 Å². The maximum Gasteiger partial charge on any atom is 0.122 e. The van der Waals surface area contributed by atoms with Crippen LogP contribution in [0.25, 0.3) is 0 Å². The monoisotopic (exact) mass is 263 g/mol. The molecule has 0 saturated heterocycles. The lowest BCUT2D eigenvalue weighted by atomic mass is 9.82.